The second-order valence-electron chi connectivity index (χ2n) is 11.0. The molecule has 0 aliphatic rings. The molecule has 0 aliphatic heterocycles. The molecule has 10 nitrogen and oxygen atoms in total. The highest BCUT2D eigenvalue weighted by Gasteiger charge is 2.22. The molecule has 48 heavy (non-hydrogen) atoms. The van der Waals surface area contributed by atoms with Gasteiger partial charge in [0.25, 0.3) is 0 Å². The van der Waals surface area contributed by atoms with Crippen molar-refractivity contribution in [1.82, 2.24) is 15.4 Å². The number of nitrogens with one attached hydrogen (secondary N) is 4. The number of benzene rings is 4. The average Bonchev–Trinajstić information content (AvgIpc) is 3.09. The maximum absolute atomic E-state index is 13.3. The molecule has 0 saturated heterocycles. The molecule has 0 spiro atoms. The Hall–Kier alpha value is -5.26. The first-order valence-corrected chi connectivity index (χ1v) is 16.8. The minimum absolute atomic E-state index is 0.0328. The Labute approximate surface area is 283 Å². The van der Waals surface area contributed by atoms with Crippen LogP contribution in [0.2, 0.25) is 0 Å². The predicted molar refractivity (Wildman–Crippen MR) is 189 cm³/mol. The van der Waals surface area contributed by atoms with Crippen LogP contribution in [0.4, 0.5) is 0 Å². The Bertz CT molecular complexity index is 1680. The molecule has 2 amide bonds. The third-order valence-corrected chi connectivity index (χ3v) is 8.29. The van der Waals surface area contributed by atoms with Crippen molar-refractivity contribution < 1.29 is 23.3 Å². The maximum Gasteiger partial charge on any atom is 0.239 e. The minimum Gasteiger partial charge on any atom is -0.490 e. The highest BCUT2D eigenvalue weighted by molar-refractivity contribution is 7.82. The van der Waals surface area contributed by atoms with Gasteiger partial charge in [-0.05, 0) is 66.5 Å². The van der Waals surface area contributed by atoms with Crippen LogP contribution >= 0.6 is 0 Å². The lowest BCUT2D eigenvalue weighted by molar-refractivity contribution is -0.127. The van der Waals surface area contributed by atoms with E-state index in [1.54, 1.807) is 24.3 Å². The summed E-state index contributed by atoms with van der Waals surface area (Å²) in [5.41, 5.74) is 9.78. The standard InChI is InChI=1S/C37H41N5O5S/c1-27-9-17-32(18-10-27)46-21-5-6-22-47-33-19-13-28(14-20-33)23-34(42-48(45)26-30-7-3-2-4-8-30)37(44)41-25-35(43)40-24-29-11-15-31(16-12-29)36(38)39/h2-20,34,42H,21-26H2,1H3,(H3,38,39)(H,40,43)(H,41,44)/b6-5-/t34-,48?/m1/s1. The zero-order chi connectivity index (χ0) is 34.1. The normalized spacial score (nSPS) is 12.2. The van der Waals surface area contributed by atoms with Crippen LogP contribution in [-0.2, 0) is 39.3 Å². The lowest BCUT2D eigenvalue weighted by Crippen LogP contribution is -2.48. The van der Waals surface area contributed by atoms with E-state index in [1.807, 2.05) is 97.9 Å². The van der Waals surface area contributed by atoms with Crippen molar-refractivity contribution in [1.29, 1.82) is 5.41 Å². The molecule has 4 rings (SSSR count). The van der Waals surface area contributed by atoms with E-state index in [9.17, 15) is 13.8 Å². The number of carbonyl (C=O) groups excluding carboxylic acids is 2. The number of ether oxygens (including phenoxy) is 2. The first-order valence-electron chi connectivity index (χ1n) is 15.5. The number of nitrogens with two attached hydrogens (primary N) is 1. The fourth-order valence-electron chi connectivity index (χ4n) is 4.49. The molecule has 0 fully saturated rings. The highest BCUT2D eigenvalue weighted by atomic mass is 32.2. The van der Waals surface area contributed by atoms with E-state index in [-0.39, 0.29) is 37.0 Å². The first-order chi connectivity index (χ1) is 23.2. The van der Waals surface area contributed by atoms with E-state index in [4.69, 9.17) is 20.6 Å². The second kappa shape index (κ2) is 18.8. The second-order valence-corrected chi connectivity index (χ2v) is 12.2. The summed E-state index contributed by atoms with van der Waals surface area (Å²) in [5.74, 6) is 0.844. The summed E-state index contributed by atoms with van der Waals surface area (Å²) < 4.78 is 27.4. The Morgan fingerprint density at radius 2 is 1.38 bits per heavy atom. The number of amides is 2. The van der Waals surface area contributed by atoms with Crippen LogP contribution < -0.4 is 30.6 Å². The number of hydrogen-bond donors (Lipinski definition) is 5. The summed E-state index contributed by atoms with van der Waals surface area (Å²) in [6.07, 6.45) is 4.02. The average molecular weight is 668 g/mol. The van der Waals surface area contributed by atoms with Gasteiger partial charge in [0.2, 0.25) is 11.8 Å². The Morgan fingerprint density at radius 3 is 1.98 bits per heavy atom. The SMILES string of the molecule is Cc1ccc(OC/C=C\COc2ccc(C[C@@H](NS(=O)Cc3ccccc3)C(=O)NCC(=O)NCc3ccc(C(=N)N)cc3)cc2)cc1. The van der Waals surface area contributed by atoms with Crippen molar-refractivity contribution in [2.75, 3.05) is 19.8 Å². The Kier molecular flexibility index (Phi) is 13.9. The number of carbonyl (C=O) groups is 2. The van der Waals surface area contributed by atoms with Gasteiger partial charge in [-0.25, -0.2) is 8.93 Å². The van der Waals surface area contributed by atoms with Gasteiger partial charge in [0.1, 0.15) is 36.6 Å². The van der Waals surface area contributed by atoms with Crippen molar-refractivity contribution >= 4 is 28.6 Å². The molecular formula is C37H41N5O5S. The van der Waals surface area contributed by atoms with Gasteiger partial charge in [-0.3, -0.25) is 15.0 Å². The zero-order valence-corrected chi connectivity index (χ0v) is 27.6. The van der Waals surface area contributed by atoms with Crippen LogP contribution in [0, 0.1) is 12.3 Å². The lowest BCUT2D eigenvalue weighted by atomic mass is 10.1. The summed E-state index contributed by atoms with van der Waals surface area (Å²) >= 11 is 0. The van der Waals surface area contributed by atoms with E-state index in [0.717, 1.165) is 22.4 Å². The minimum atomic E-state index is -1.55. The lowest BCUT2D eigenvalue weighted by Gasteiger charge is -2.18. The van der Waals surface area contributed by atoms with Gasteiger partial charge in [-0.1, -0.05) is 84.4 Å². The van der Waals surface area contributed by atoms with Crippen LogP contribution in [-0.4, -0.2) is 47.7 Å². The van der Waals surface area contributed by atoms with Gasteiger partial charge in [0.15, 0.2) is 0 Å². The molecule has 2 atom stereocenters. The van der Waals surface area contributed by atoms with E-state index in [2.05, 4.69) is 15.4 Å². The molecule has 0 aromatic heterocycles. The Balaban J connectivity index is 1.28. The van der Waals surface area contributed by atoms with Crippen molar-refractivity contribution in [3.8, 4) is 11.5 Å². The van der Waals surface area contributed by atoms with Crippen LogP contribution in [0.25, 0.3) is 0 Å². The van der Waals surface area contributed by atoms with Crippen LogP contribution in [0.1, 0.15) is 27.8 Å². The van der Waals surface area contributed by atoms with Crippen LogP contribution in [0.15, 0.2) is 115 Å². The zero-order valence-electron chi connectivity index (χ0n) is 26.8. The molecule has 6 N–H and O–H groups in total. The molecule has 11 heteroatoms. The van der Waals surface area contributed by atoms with Gasteiger partial charge in [0, 0.05) is 12.1 Å². The molecule has 4 aromatic carbocycles. The maximum atomic E-state index is 13.3. The summed E-state index contributed by atoms with van der Waals surface area (Å²) in [7, 11) is -1.55. The first kappa shape index (κ1) is 35.6. The molecule has 250 valence electrons. The third kappa shape index (κ3) is 12.5. The van der Waals surface area contributed by atoms with Crippen LogP contribution in [0.3, 0.4) is 0 Å². The molecule has 1 unspecified atom stereocenters. The molecule has 4 aromatic rings. The smallest absolute Gasteiger partial charge is 0.239 e. The third-order valence-electron chi connectivity index (χ3n) is 7.15. The van der Waals surface area contributed by atoms with E-state index in [0.29, 0.717) is 24.5 Å². The number of amidine groups is 1. The fraction of sp³-hybridized carbons (Fsp3) is 0.216. The molecule has 0 saturated carbocycles. The molecule has 0 heterocycles. The monoisotopic (exact) mass is 667 g/mol. The van der Waals surface area contributed by atoms with Gasteiger partial charge in [0.05, 0.1) is 23.3 Å². The number of hydrogen-bond acceptors (Lipinski definition) is 6. The molecular weight excluding hydrogens is 627 g/mol. The van der Waals surface area contributed by atoms with E-state index in [1.165, 1.54) is 5.56 Å². The topological polar surface area (TPSA) is 156 Å². The number of aryl methyl sites for hydroxylation is 1. The van der Waals surface area contributed by atoms with E-state index >= 15 is 0 Å². The van der Waals surface area contributed by atoms with Crippen molar-refractivity contribution in [2.45, 2.75) is 31.7 Å². The van der Waals surface area contributed by atoms with Crippen LogP contribution in [0.5, 0.6) is 11.5 Å². The number of nitrogen functional groups attached to an aromatic ring is 1. The summed E-state index contributed by atoms with van der Waals surface area (Å²) in [6, 6.07) is 30.7. The Morgan fingerprint density at radius 1 is 0.792 bits per heavy atom. The summed E-state index contributed by atoms with van der Waals surface area (Å²) in [6.45, 7) is 2.84. The van der Waals surface area contributed by atoms with Gasteiger partial charge >= 0.3 is 0 Å². The molecule has 0 radical (unpaired) electrons. The molecule has 0 bridgehead atoms. The molecule has 0 aliphatic carbocycles. The highest BCUT2D eigenvalue weighted by Crippen LogP contribution is 2.15. The predicted octanol–water partition coefficient (Wildman–Crippen LogP) is 4.09. The number of rotatable bonds is 18. The van der Waals surface area contributed by atoms with Gasteiger partial charge in [-0.15, -0.1) is 0 Å². The summed E-state index contributed by atoms with van der Waals surface area (Å²) in [5, 5.41) is 12.9. The van der Waals surface area contributed by atoms with Crippen molar-refractivity contribution in [3.63, 3.8) is 0 Å². The quantitative estimate of drug-likeness (QED) is 0.0612. The van der Waals surface area contributed by atoms with Gasteiger partial charge < -0.3 is 25.8 Å². The van der Waals surface area contributed by atoms with Gasteiger partial charge in [-0.2, -0.15) is 0 Å². The largest absolute Gasteiger partial charge is 0.490 e. The van der Waals surface area contributed by atoms with E-state index < -0.39 is 22.9 Å². The van der Waals surface area contributed by atoms with Crippen molar-refractivity contribution in [2.24, 2.45) is 5.73 Å². The summed E-state index contributed by atoms with van der Waals surface area (Å²) in [4.78, 5) is 25.8. The van der Waals surface area contributed by atoms with Crippen molar-refractivity contribution in [3.05, 3.63) is 143 Å². The fourth-order valence-corrected chi connectivity index (χ4v) is 5.57.